The Morgan fingerprint density at radius 3 is 2.88 bits per heavy atom. The number of aromatic nitrogens is 2. The fraction of sp³-hybridized carbons (Fsp3) is 0.100. The van der Waals surface area contributed by atoms with E-state index in [1.165, 1.54) is 35.4 Å². The predicted molar refractivity (Wildman–Crippen MR) is 60.6 cm³/mol. The molecule has 0 aliphatic carbocycles. The molecule has 1 heterocycles. The Labute approximate surface area is 99.9 Å². The van der Waals surface area contributed by atoms with Crippen LogP contribution >= 0.6 is 23.3 Å². The second-order valence-electron chi connectivity index (χ2n) is 3.05. The molecule has 0 radical (unpaired) electrons. The van der Waals surface area contributed by atoms with Gasteiger partial charge in [0.1, 0.15) is 17.9 Å². The Kier molecular flexibility index (Phi) is 3.31. The molecular formula is C10H7FN2OS2. The highest BCUT2D eigenvalue weighted by Crippen LogP contribution is 2.29. The van der Waals surface area contributed by atoms with Crippen LogP contribution in [-0.4, -0.2) is 15.6 Å². The lowest BCUT2D eigenvalue weighted by molar-refractivity contribution is 0.112. The molecule has 2 rings (SSSR count). The van der Waals surface area contributed by atoms with Gasteiger partial charge in [-0.25, -0.2) is 9.37 Å². The van der Waals surface area contributed by atoms with Crippen molar-refractivity contribution < 1.29 is 9.18 Å². The zero-order valence-corrected chi connectivity index (χ0v) is 9.94. The maximum absolute atomic E-state index is 13.1. The third-order valence-corrected chi connectivity index (χ3v) is 3.56. The van der Waals surface area contributed by atoms with Crippen molar-refractivity contribution in [2.24, 2.45) is 0 Å². The molecule has 0 unspecified atom stereocenters. The van der Waals surface area contributed by atoms with Crippen molar-refractivity contribution in [1.29, 1.82) is 0 Å². The van der Waals surface area contributed by atoms with Crippen LogP contribution in [0, 0.1) is 12.7 Å². The number of aryl methyl sites for hydroxylation is 1. The largest absolute Gasteiger partial charge is 0.298 e. The maximum atomic E-state index is 13.1. The summed E-state index contributed by atoms with van der Waals surface area (Å²) in [5.41, 5.74) is 0.323. The molecular weight excluding hydrogens is 247 g/mol. The minimum atomic E-state index is -0.423. The second kappa shape index (κ2) is 4.71. The third-order valence-electron chi connectivity index (χ3n) is 1.74. The van der Waals surface area contributed by atoms with Crippen LogP contribution in [0.15, 0.2) is 27.4 Å². The zero-order valence-electron chi connectivity index (χ0n) is 8.31. The number of rotatable bonds is 3. The molecule has 3 nitrogen and oxygen atoms in total. The fourth-order valence-corrected chi connectivity index (χ4v) is 2.85. The lowest BCUT2D eigenvalue weighted by Gasteiger charge is -1.99. The molecule has 0 N–H and O–H groups in total. The summed E-state index contributed by atoms with van der Waals surface area (Å²) in [6, 6.07) is 4.19. The van der Waals surface area contributed by atoms with E-state index in [9.17, 15) is 9.18 Å². The molecule has 1 aromatic heterocycles. The van der Waals surface area contributed by atoms with Crippen LogP contribution in [0.4, 0.5) is 4.39 Å². The van der Waals surface area contributed by atoms with Crippen molar-refractivity contribution in [3.63, 3.8) is 0 Å². The average Bonchev–Trinajstić information content (AvgIpc) is 2.63. The SMILES string of the molecule is Cc1nsc(Sc2cc(F)cc(C=O)c2)n1. The number of nitrogens with zero attached hydrogens (tertiary/aromatic N) is 2. The fourth-order valence-electron chi connectivity index (χ4n) is 1.13. The smallest absolute Gasteiger partial charge is 0.174 e. The van der Waals surface area contributed by atoms with Gasteiger partial charge in [-0.05, 0) is 36.7 Å². The van der Waals surface area contributed by atoms with Gasteiger partial charge in [-0.1, -0.05) is 11.8 Å². The molecule has 0 saturated heterocycles. The van der Waals surface area contributed by atoms with Crippen LogP contribution in [0.25, 0.3) is 0 Å². The van der Waals surface area contributed by atoms with Gasteiger partial charge in [0.05, 0.1) is 0 Å². The first-order chi connectivity index (χ1) is 7.67. The van der Waals surface area contributed by atoms with Crippen molar-refractivity contribution in [3.8, 4) is 0 Å². The topological polar surface area (TPSA) is 42.9 Å². The molecule has 0 saturated carbocycles. The lowest BCUT2D eigenvalue weighted by Crippen LogP contribution is -1.84. The van der Waals surface area contributed by atoms with Gasteiger partial charge >= 0.3 is 0 Å². The second-order valence-corrected chi connectivity index (χ2v) is 5.12. The number of aldehydes is 1. The molecule has 16 heavy (non-hydrogen) atoms. The van der Waals surface area contributed by atoms with Gasteiger partial charge in [0, 0.05) is 10.5 Å². The highest BCUT2D eigenvalue weighted by atomic mass is 32.2. The zero-order chi connectivity index (χ0) is 11.5. The Morgan fingerprint density at radius 1 is 1.44 bits per heavy atom. The Bertz CT molecular complexity index is 527. The van der Waals surface area contributed by atoms with Gasteiger partial charge < -0.3 is 0 Å². The first-order valence-electron chi connectivity index (χ1n) is 4.41. The van der Waals surface area contributed by atoms with E-state index < -0.39 is 5.82 Å². The van der Waals surface area contributed by atoms with Crippen molar-refractivity contribution >= 4 is 29.6 Å². The first kappa shape index (κ1) is 11.2. The summed E-state index contributed by atoms with van der Waals surface area (Å²) in [4.78, 5) is 15.4. The molecule has 0 spiro atoms. The third kappa shape index (κ3) is 2.65. The highest BCUT2D eigenvalue weighted by Gasteiger charge is 2.06. The van der Waals surface area contributed by atoms with E-state index in [-0.39, 0.29) is 0 Å². The number of carbonyl (C=O) groups excluding carboxylic acids is 1. The number of halogens is 1. The number of carbonyl (C=O) groups is 1. The summed E-state index contributed by atoms with van der Waals surface area (Å²) >= 11 is 2.55. The standard InChI is InChI=1S/C10H7FN2OS2/c1-6-12-10(16-13-6)15-9-3-7(5-14)2-8(11)4-9/h2-5H,1H3. The first-order valence-corrected chi connectivity index (χ1v) is 6.00. The monoisotopic (exact) mass is 254 g/mol. The van der Waals surface area contributed by atoms with Gasteiger partial charge in [0.2, 0.25) is 0 Å². The molecule has 0 amide bonds. The van der Waals surface area contributed by atoms with Crippen molar-refractivity contribution in [3.05, 3.63) is 35.4 Å². The number of hydrogen-bond acceptors (Lipinski definition) is 5. The van der Waals surface area contributed by atoms with Crippen LogP contribution in [0.3, 0.4) is 0 Å². The molecule has 1 aromatic carbocycles. The summed E-state index contributed by atoms with van der Waals surface area (Å²) in [7, 11) is 0. The van der Waals surface area contributed by atoms with Gasteiger partial charge in [0.25, 0.3) is 0 Å². The summed E-state index contributed by atoms with van der Waals surface area (Å²) in [5, 5.41) is 0. The number of hydrogen-bond donors (Lipinski definition) is 0. The van der Waals surface area contributed by atoms with Crippen LogP contribution in [0.5, 0.6) is 0 Å². The highest BCUT2D eigenvalue weighted by molar-refractivity contribution is 8.01. The molecule has 2 aromatic rings. The van der Waals surface area contributed by atoms with Crippen molar-refractivity contribution in [2.45, 2.75) is 16.2 Å². The van der Waals surface area contributed by atoms with Crippen LogP contribution in [0.2, 0.25) is 0 Å². The van der Waals surface area contributed by atoms with Gasteiger partial charge in [-0.3, -0.25) is 4.79 Å². The quantitative estimate of drug-likeness (QED) is 0.790. The van der Waals surface area contributed by atoms with Gasteiger partial charge in [0.15, 0.2) is 4.34 Å². The van der Waals surface area contributed by atoms with Gasteiger partial charge in [-0.15, -0.1) is 0 Å². The summed E-state index contributed by atoms with van der Waals surface area (Å²) < 4.78 is 17.9. The Morgan fingerprint density at radius 2 is 2.25 bits per heavy atom. The van der Waals surface area contributed by atoms with E-state index in [4.69, 9.17) is 0 Å². The van der Waals surface area contributed by atoms with E-state index in [1.54, 1.807) is 13.0 Å². The molecule has 0 aliphatic rings. The Balaban J connectivity index is 2.27. The van der Waals surface area contributed by atoms with Crippen LogP contribution in [0.1, 0.15) is 16.2 Å². The van der Waals surface area contributed by atoms with E-state index in [0.717, 1.165) is 4.34 Å². The van der Waals surface area contributed by atoms with Crippen molar-refractivity contribution in [1.82, 2.24) is 9.36 Å². The maximum Gasteiger partial charge on any atom is 0.174 e. The predicted octanol–water partition coefficient (Wildman–Crippen LogP) is 2.95. The van der Waals surface area contributed by atoms with Crippen LogP contribution < -0.4 is 0 Å². The van der Waals surface area contributed by atoms with E-state index >= 15 is 0 Å². The van der Waals surface area contributed by atoms with E-state index in [0.29, 0.717) is 22.6 Å². The summed E-state index contributed by atoms with van der Waals surface area (Å²) in [6.07, 6.45) is 0.624. The lowest BCUT2D eigenvalue weighted by atomic mass is 10.2. The van der Waals surface area contributed by atoms with E-state index in [1.807, 2.05) is 0 Å². The molecule has 0 aliphatic heterocycles. The summed E-state index contributed by atoms with van der Waals surface area (Å²) in [5.74, 6) is 0.271. The molecule has 6 heteroatoms. The minimum Gasteiger partial charge on any atom is -0.298 e. The molecule has 0 atom stereocenters. The van der Waals surface area contributed by atoms with Crippen LogP contribution in [-0.2, 0) is 0 Å². The normalized spacial score (nSPS) is 10.4. The Hall–Kier alpha value is -1.27. The molecule has 0 bridgehead atoms. The van der Waals surface area contributed by atoms with Crippen molar-refractivity contribution in [2.75, 3.05) is 0 Å². The number of benzene rings is 1. The van der Waals surface area contributed by atoms with E-state index in [2.05, 4.69) is 9.36 Å². The average molecular weight is 254 g/mol. The summed E-state index contributed by atoms with van der Waals surface area (Å²) in [6.45, 7) is 1.79. The molecule has 82 valence electrons. The molecule has 0 fully saturated rings. The minimum absolute atomic E-state index is 0.323. The van der Waals surface area contributed by atoms with Gasteiger partial charge in [-0.2, -0.15) is 4.37 Å².